The van der Waals surface area contributed by atoms with Crippen LogP contribution in [0.2, 0.25) is 0 Å². The number of fused-ring (bicyclic) bond motifs is 1. The molecule has 4 heteroatoms. The van der Waals surface area contributed by atoms with Crippen LogP contribution in [0.4, 0.5) is 11.4 Å². The maximum Gasteiger partial charge on any atom is 0.0951 e. The quantitative estimate of drug-likeness (QED) is 0.711. The van der Waals surface area contributed by atoms with Crippen molar-refractivity contribution in [3.63, 3.8) is 0 Å². The van der Waals surface area contributed by atoms with Gasteiger partial charge in [0.2, 0.25) is 0 Å². The second kappa shape index (κ2) is 4.90. The molecule has 0 unspecified atom stereocenters. The van der Waals surface area contributed by atoms with E-state index in [9.17, 15) is 0 Å². The van der Waals surface area contributed by atoms with E-state index < -0.39 is 0 Å². The molecule has 0 spiro atoms. The number of anilines is 2. The summed E-state index contributed by atoms with van der Waals surface area (Å²) >= 11 is 1.74. The second-order valence-corrected chi connectivity index (χ2v) is 5.28. The number of benzene rings is 1. The van der Waals surface area contributed by atoms with Crippen LogP contribution in [-0.2, 0) is 6.54 Å². The average molecular weight is 269 g/mol. The largest absolute Gasteiger partial charge is 0.397 e. The van der Waals surface area contributed by atoms with Crippen LogP contribution >= 0.6 is 11.3 Å². The van der Waals surface area contributed by atoms with Crippen molar-refractivity contribution in [2.75, 3.05) is 11.1 Å². The summed E-state index contributed by atoms with van der Waals surface area (Å²) in [5.41, 5.74) is 11.3. The number of hydrogen-bond acceptors (Lipinski definition) is 4. The Morgan fingerprint density at radius 1 is 1.26 bits per heavy atom. The summed E-state index contributed by atoms with van der Waals surface area (Å²) in [7, 11) is 0. The molecule has 3 N–H and O–H groups in total. The first kappa shape index (κ1) is 12.0. The van der Waals surface area contributed by atoms with Gasteiger partial charge in [-0.15, -0.1) is 0 Å². The maximum atomic E-state index is 5.95. The number of nitrogen functional groups attached to an aromatic ring is 1. The molecule has 0 bridgehead atoms. The van der Waals surface area contributed by atoms with E-state index in [1.807, 2.05) is 24.3 Å². The van der Waals surface area contributed by atoms with Crippen molar-refractivity contribution in [3.05, 3.63) is 52.3 Å². The smallest absolute Gasteiger partial charge is 0.0951 e. The zero-order chi connectivity index (χ0) is 13.2. The molecule has 0 aliphatic heterocycles. The average Bonchev–Trinajstić information content (AvgIpc) is 2.84. The Morgan fingerprint density at radius 2 is 2.16 bits per heavy atom. The predicted octanol–water partition coefficient (Wildman–Crippen LogP) is 3.80. The number of nitrogens with zero attached hydrogens (tertiary/aromatic N) is 1. The number of thiophene rings is 1. The lowest BCUT2D eigenvalue weighted by atomic mass is 10.1. The molecule has 1 aromatic carbocycles. The van der Waals surface area contributed by atoms with Crippen LogP contribution in [0.1, 0.15) is 11.1 Å². The summed E-state index contributed by atoms with van der Waals surface area (Å²) in [6.45, 7) is 2.96. The molecular formula is C15H15N3S. The monoisotopic (exact) mass is 269 g/mol. The third-order valence-electron chi connectivity index (χ3n) is 3.23. The van der Waals surface area contributed by atoms with Gasteiger partial charge in [0.15, 0.2) is 0 Å². The van der Waals surface area contributed by atoms with Gasteiger partial charge in [-0.2, -0.15) is 11.3 Å². The lowest BCUT2D eigenvalue weighted by molar-refractivity contribution is 1.14. The van der Waals surface area contributed by atoms with Gasteiger partial charge < -0.3 is 11.1 Å². The van der Waals surface area contributed by atoms with E-state index >= 15 is 0 Å². The highest BCUT2D eigenvalue weighted by molar-refractivity contribution is 7.08. The topological polar surface area (TPSA) is 50.9 Å². The minimum Gasteiger partial charge on any atom is -0.397 e. The molecule has 96 valence electrons. The normalized spacial score (nSPS) is 10.8. The zero-order valence-electron chi connectivity index (χ0n) is 10.7. The van der Waals surface area contributed by atoms with Crippen LogP contribution in [0.15, 0.2) is 41.2 Å². The molecule has 0 saturated carbocycles. The Hall–Kier alpha value is -2.07. The fourth-order valence-corrected chi connectivity index (χ4v) is 2.96. The van der Waals surface area contributed by atoms with Gasteiger partial charge in [0.1, 0.15) is 0 Å². The van der Waals surface area contributed by atoms with Crippen molar-refractivity contribution in [2.45, 2.75) is 13.5 Å². The molecular weight excluding hydrogens is 254 g/mol. The van der Waals surface area contributed by atoms with Crippen LogP contribution in [0, 0.1) is 6.92 Å². The van der Waals surface area contributed by atoms with Crippen LogP contribution in [0.5, 0.6) is 0 Å². The number of nitrogens with one attached hydrogen (secondary N) is 1. The molecule has 0 aliphatic rings. The number of aromatic nitrogens is 1. The van der Waals surface area contributed by atoms with Crippen LogP contribution in [-0.4, -0.2) is 4.98 Å². The molecule has 0 aliphatic carbocycles. The summed E-state index contributed by atoms with van der Waals surface area (Å²) in [6, 6.07) is 7.89. The Kier molecular flexibility index (Phi) is 3.09. The molecule has 0 fully saturated rings. The number of rotatable bonds is 3. The molecule has 0 amide bonds. The lowest BCUT2D eigenvalue weighted by Crippen LogP contribution is -2.01. The van der Waals surface area contributed by atoms with E-state index in [4.69, 9.17) is 5.73 Å². The van der Waals surface area contributed by atoms with E-state index in [1.54, 1.807) is 17.5 Å². The third-order valence-corrected chi connectivity index (χ3v) is 4.14. The van der Waals surface area contributed by atoms with E-state index in [0.717, 1.165) is 23.1 Å². The Morgan fingerprint density at radius 3 is 2.95 bits per heavy atom. The van der Waals surface area contributed by atoms with Gasteiger partial charge in [0, 0.05) is 23.8 Å². The summed E-state index contributed by atoms with van der Waals surface area (Å²) < 4.78 is 0. The maximum absolute atomic E-state index is 5.95. The third kappa shape index (κ3) is 2.27. The summed E-state index contributed by atoms with van der Waals surface area (Å²) in [4.78, 5) is 4.34. The number of hydrogen-bond donors (Lipinski definition) is 2. The van der Waals surface area contributed by atoms with Gasteiger partial charge in [-0.3, -0.25) is 4.98 Å². The number of pyridine rings is 1. The van der Waals surface area contributed by atoms with Crippen LogP contribution < -0.4 is 11.1 Å². The molecule has 2 heterocycles. The minimum absolute atomic E-state index is 0.716. The van der Waals surface area contributed by atoms with Crippen LogP contribution in [0.3, 0.4) is 0 Å². The Bertz CT molecular complexity index is 718. The fraction of sp³-hybridized carbons (Fsp3) is 0.133. The molecule has 0 atom stereocenters. The lowest BCUT2D eigenvalue weighted by Gasteiger charge is -2.10. The van der Waals surface area contributed by atoms with Crippen molar-refractivity contribution >= 4 is 33.6 Å². The highest BCUT2D eigenvalue weighted by atomic mass is 32.1. The predicted molar refractivity (Wildman–Crippen MR) is 82.5 cm³/mol. The molecule has 0 radical (unpaired) electrons. The number of nitrogens with two attached hydrogens (primary N) is 1. The fourth-order valence-electron chi connectivity index (χ4n) is 2.11. The molecule has 3 aromatic rings. The van der Waals surface area contributed by atoms with Gasteiger partial charge in [-0.1, -0.05) is 0 Å². The number of aryl methyl sites for hydroxylation is 1. The first-order valence-corrected chi connectivity index (χ1v) is 7.09. The van der Waals surface area contributed by atoms with Crippen molar-refractivity contribution in [1.82, 2.24) is 4.98 Å². The van der Waals surface area contributed by atoms with Crippen molar-refractivity contribution in [1.29, 1.82) is 0 Å². The van der Waals surface area contributed by atoms with E-state index in [-0.39, 0.29) is 0 Å². The standard InChI is InChI=1S/C15H15N3S/c1-10-8-19-9-11(10)7-18-14-5-4-13(16)15-12(14)3-2-6-17-15/h2-6,8-9,18H,7,16H2,1H3. The second-order valence-electron chi connectivity index (χ2n) is 4.54. The van der Waals surface area contributed by atoms with Gasteiger partial charge in [0.05, 0.1) is 11.2 Å². The molecule has 3 rings (SSSR count). The van der Waals surface area contributed by atoms with Gasteiger partial charge >= 0.3 is 0 Å². The Balaban J connectivity index is 1.93. The summed E-state index contributed by atoms with van der Waals surface area (Å²) in [6.07, 6.45) is 1.77. The van der Waals surface area contributed by atoms with Crippen molar-refractivity contribution in [3.8, 4) is 0 Å². The Labute approximate surface area is 116 Å². The highest BCUT2D eigenvalue weighted by Crippen LogP contribution is 2.27. The van der Waals surface area contributed by atoms with E-state index in [2.05, 4.69) is 28.0 Å². The van der Waals surface area contributed by atoms with Crippen LogP contribution in [0.25, 0.3) is 10.9 Å². The van der Waals surface area contributed by atoms with Gasteiger partial charge in [0.25, 0.3) is 0 Å². The van der Waals surface area contributed by atoms with E-state index in [1.165, 1.54) is 11.1 Å². The van der Waals surface area contributed by atoms with Gasteiger partial charge in [-0.05, 0) is 53.1 Å². The summed E-state index contributed by atoms with van der Waals surface area (Å²) in [5.74, 6) is 0. The van der Waals surface area contributed by atoms with Crippen molar-refractivity contribution in [2.24, 2.45) is 0 Å². The molecule has 2 aromatic heterocycles. The SMILES string of the molecule is Cc1cscc1CNc1ccc(N)c2ncccc12. The molecule has 3 nitrogen and oxygen atoms in total. The summed E-state index contributed by atoms with van der Waals surface area (Å²) in [5, 5.41) is 8.88. The first-order chi connectivity index (χ1) is 9.25. The minimum atomic E-state index is 0.716. The molecule has 19 heavy (non-hydrogen) atoms. The van der Waals surface area contributed by atoms with E-state index in [0.29, 0.717) is 5.69 Å². The highest BCUT2D eigenvalue weighted by Gasteiger charge is 2.05. The van der Waals surface area contributed by atoms with Crippen molar-refractivity contribution < 1.29 is 0 Å². The first-order valence-electron chi connectivity index (χ1n) is 6.14. The molecule has 0 saturated heterocycles. The van der Waals surface area contributed by atoms with Gasteiger partial charge in [-0.25, -0.2) is 0 Å². The zero-order valence-corrected chi connectivity index (χ0v) is 11.5.